The van der Waals surface area contributed by atoms with E-state index in [-0.39, 0.29) is 12.6 Å². The number of rotatable bonds is 0. The molecule has 0 radical (unpaired) electrons. The maximum absolute atomic E-state index is 13.1. The van der Waals surface area contributed by atoms with Crippen molar-refractivity contribution < 1.29 is 13.9 Å². The van der Waals surface area contributed by atoms with Gasteiger partial charge >= 0.3 is 6.09 Å². The topological polar surface area (TPSA) is 55.6 Å². The average Bonchev–Trinajstić information content (AvgIpc) is 1.98. The first-order valence-electron chi connectivity index (χ1n) is 5.15. The van der Waals surface area contributed by atoms with E-state index in [0.717, 1.165) is 0 Å². The number of nitrogens with two attached hydrogens (primary N) is 1. The van der Waals surface area contributed by atoms with Crippen molar-refractivity contribution in [3.8, 4) is 0 Å². The smallest absolute Gasteiger partial charge is 0.410 e. The van der Waals surface area contributed by atoms with Gasteiger partial charge in [0.1, 0.15) is 11.8 Å². The average molecular weight is 218 g/mol. The van der Waals surface area contributed by atoms with Gasteiger partial charge in [-0.1, -0.05) is 0 Å². The number of hydrogen-bond acceptors (Lipinski definition) is 3. The molecule has 1 aliphatic heterocycles. The Morgan fingerprint density at radius 2 is 2.07 bits per heavy atom. The number of likely N-dealkylation sites (tertiary alicyclic amines) is 1. The number of carbonyl (C=O) groups excluding carboxylic acids is 1. The predicted molar refractivity (Wildman–Crippen MR) is 55.3 cm³/mol. The zero-order chi connectivity index (χ0) is 11.6. The molecule has 4 nitrogen and oxygen atoms in total. The fourth-order valence-corrected chi connectivity index (χ4v) is 1.55. The zero-order valence-corrected chi connectivity index (χ0v) is 9.50. The molecule has 0 aromatic heterocycles. The lowest BCUT2D eigenvalue weighted by Gasteiger charge is -2.34. The summed E-state index contributed by atoms with van der Waals surface area (Å²) in [5.41, 5.74) is 5.08. The number of halogens is 1. The number of ether oxygens (including phenoxy) is 1. The number of carbonyl (C=O) groups is 1. The second kappa shape index (κ2) is 4.35. The van der Waals surface area contributed by atoms with Crippen LogP contribution in [0.4, 0.5) is 9.18 Å². The van der Waals surface area contributed by atoms with Crippen LogP contribution in [0.3, 0.4) is 0 Å². The molecule has 88 valence electrons. The molecule has 1 heterocycles. The summed E-state index contributed by atoms with van der Waals surface area (Å²) in [6, 6.07) is -0.290. The van der Waals surface area contributed by atoms with Crippen molar-refractivity contribution in [2.24, 2.45) is 5.73 Å². The highest BCUT2D eigenvalue weighted by Gasteiger charge is 2.30. The third kappa shape index (κ3) is 4.03. The normalized spacial score (nSPS) is 27.7. The van der Waals surface area contributed by atoms with Gasteiger partial charge in [-0.25, -0.2) is 9.18 Å². The van der Waals surface area contributed by atoms with Crippen LogP contribution in [0.1, 0.15) is 27.2 Å². The fraction of sp³-hybridized carbons (Fsp3) is 0.900. The van der Waals surface area contributed by atoms with Crippen molar-refractivity contribution in [3.05, 3.63) is 0 Å². The summed E-state index contributed by atoms with van der Waals surface area (Å²) in [4.78, 5) is 12.9. The van der Waals surface area contributed by atoms with Crippen LogP contribution in [0.25, 0.3) is 0 Å². The minimum absolute atomic E-state index is 0.0859. The van der Waals surface area contributed by atoms with Gasteiger partial charge in [-0.05, 0) is 27.2 Å². The molecule has 0 aliphatic carbocycles. The third-order valence-electron chi connectivity index (χ3n) is 2.08. The van der Waals surface area contributed by atoms with E-state index in [1.54, 1.807) is 20.8 Å². The van der Waals surface area contributed by atoms with Crippen LogP contribution in [0.5, 0.6) is 0 Å². The summed E-state index contributed by atoms with van der Waals surface area (Å²) in [7, 11) is 0. The van der Waals surface area contributed by atoms with Gasteiger partial charge in [0.25, 0.3) is 0 Å². The highest BCUT2D eigenvalue weighted by atomic mass is 19.1. The van der Waals surface area contributed by atoms with E-state index in [1.165, 1.54) is 4.90 Å². The van der Waals surface area contributed by atoms with Gasteiger partial charge in [0.2, 0.25) is 0 Å². The maximum atomic E-state index is 13.1. The molecule has 0 unspecified atom stereocenters. The summed E-state index contributed by atoms with van der Waals surface area (Å²) in [5, 5.41) is 0. The lowest BCUT2D eigenvalue weighted by molar-refractivity contribution is 0.0115. The Kier molecular flexibility index (Phi) is 3.54. The second-order valence-electron chi connectivity index (χ2n) is 4.98. The molecule has 1 fully saturated rings. The number of piperidine rings is 1. The summed E-state index contributed by atoms with van der Waals surface area (Å²) in [6.45, 7) is 5.79. The zero-order valence-electron chi connectivity index (χ0n) is 9.50. The molecular formula is C10H19FN2O2. The predicted octanol–water partition coefficient (Wildman–Crippen LogP) is 1.29. The molecule has 1 rings (SSSR count). The molecule has 0 bridgehead atoms. The molecule has 1 saturated heterocycles. The van der Waals surface area contributed by atoms with Crippen molar-refractivity contribution in [1.82, 2.24) is 4.90 Å². The van der Waals surface area contributed by atoms with Crippen LogP contribution in [0.2, 0.25) is 0 Å². The Bertz CT molecular complexity index is 230. The van der Waals surface area contributed by atoms with Crippen molar-refractivity contribution in [2.45, 2.75) is 45.0 Å². The first-order chi connectivity index (χ1) is 6.78. The quantitative estimate of drug-likeness (QED) is 0.666. The molecule has 2 atom stereocenters. The minimum Gasteiger partial charge on any atom is -0.444 e. The van der Waals surface area contributed by atoms with Gasteiger partial charge in [-0.2, -0.15) is 0 Å². The molecule has 0 spiro atoms. The summed E-state index contributed by atoms with van der Waals surface area (Å²) in [6.07, 6.45) is -1.21. The van der Waals surface area contributed by atoms with Gasteiger partial charge in [-0.3, -0.25) is 0 Å². The highest BCUT2D eigenvalue weighted by molar-refractivity contribution is 5.68. The fourth-order valence-electron chi connectivity index (χ4n) is 1.55. The molecule has 1 amide bonds. The largest absolute Gasteiger partial charge is 0.444 e. The number of hydrogen-bond donors (Lipinski definition) is 1. The van der Waals surface area contributed by atoms with Crippen molar-refractivity contribution in [3.63, 3.8) is 0 Å². The molecule has 0 saturated carbocycles. The van der Waals surface area contributed by atoms with Gasteiger partial charge in [0.15, 0.2) is 0 Å². The number of alkyl halides is 1. The van der Waals surface area contributed by atoms with E-state index in [0.29, 0.717) is 13.0 Å². The molecular weight excluding hydrogens is 199 g/mol. The Balaban J connectivity index is 2.52. The molecule has 15 heavy (non-hydrogen) atoms. The summed E-state index contributed by atoms with van der Waals surface area (Å²) in [5.74, 6) is 0. The van der Waals surface area contributed by atoms with Gasteiger partial charge in [-0.15, -0.1) is 0 Å². The first-order valence-corrected chi connectivity index (χ1v) is 5.15. The Morgan fingerprint density at radius 1 is 1.47 bits per heavy atom. The maximum Gasteiger partial charge on any atom is 0.410 e. The van der Waals surface area contributed by atoms with Crippen molar-refractivity contribution >= 4 is 6.09 Å². The molecule has 0 aromatic rings. The van der Waals surface area contributed by atoms with Crippen molar-refractivity contribution in [2.75, 3.05) is 13.1 Å². The first kappa shape index (κ1) is 12.2. The molecule has 1 aliphatic rings. The third-order valence-corrected chi connectivity index (χ3v) is 2.08. The summed E-state index contributed by atoms with van der Waals surface area (Å²) < 4.78 is 18.3. The van der Waals surface area contributed by atoms with E-state index in [2.05, 4.69) is 0 Å². The van der Waals surface area contributed by atoms with E-state index in [9.17, 15) is 9.18 Å². The second-order valence-corrected chi connectivity index (χ2v) is 4.98. The van der Waals surface area contributed by atoms with E-state index < -0.39 is 17.9 Å². The SMILES string of the molecule is CC(C)(C)OC(=O)N1C[C@H](N)C[C@H](F)C1. The Hall–Kier alpha value is -0.840. The number of nitrogens with zero attached hydrogens (tertiary/aromatic N) is 1. The molecule has 5 heteroatoms. The number of amides is 1. The Labute approximate surface area is 89.6 Å². The lowest BCUT2D eigenvalue weighted by atomic mass is 10.1. The van der Waals surface area contributed by atoms with E-state index in [4.69, 9.17) is 10.5 Å². The van der Waals surface area contributed by atoms with Crippen LogP contribution in [0, 0.1) is 0 Å². The Morgan fingerprint density at radius 3 is 2.53 bits per heavy atom. The van der Waals surface area contributed by atoms with Crippen molar-refractivity contribution in [1.29, 1.82) is 0 Å². The van der Waals surface area contributed by atoms with Gasteiger partial charge < -0.3 is 15.4 Å². The van der Waals surface area contributed by atoms with Crippen LogP contribution in [0.15, 0.2) is 0 Å². The molecule has 2 N–H and O–H groups in total. The van der Waals surface area contributed by atoms with Crippen LogP contribution < -0.4 is 5.73 Å². The molecule has 0 aromatic carbocycles. The van der Waals surface area contributed by atoms with Gasteiger partial charge in [0, 0.05) is 12.6 Å². The minimum atomic E-state index is -1.04. The van der Waals surface area contributed by atoms with Crippen LogP contribution >= 0.6 is 0 Å². The lowest BCUT2D eigenvalue weighted by Crippen LogP contribution is -2.51. The van der Waals surface area contributed by atoms with E-state index in [1.807, 2.05) is 0 Å². The van der Waals surface area contributed by atoms with E-state index >= 15 is 0 Å². The summed E-state index contributed by atoms with van der Waals surface area (Å²) >= 11 is 0. The van der Waals surface area contributed by atoms with Gasteiger partial charge in [0.05, 0.1) is 6.54 Å². The van der Waals surface area contributed by atoms with Crippen LogP contribution in [-0.4, -0.2) is 41.9 Å². The standard InChI is InChI=1S/C10H19FN2O2/c1-10(2,3)15-9(14)13-5-7(11)4-8(12)6-13/h7-8H,4-6,12H2,1-3H3/t7-,8+/m0/s1. The van der Waals surface area contributed by atoms with Crippen LogP contribution in [-0.2, 0) is 4.74 Å². The highest BCUT2D eigenvalue weighted by Crippen LogP contribution is 2.16. The monoisotopic (exact) mass is 218 g/mol.